The molecule has 0 unspecified atom stereocenters. The van der Waals surface area contributed by atoms with Crippen molar-refractivity contribution in [3.63, 3.8) is 0 Å². The Morgan fingerprint density at radius 3 is 2.50 bits per heavy atom. The lowest BCUT2D eigenvalue weighted by molar-refractivity contribution is 0.498. The van der Waals surface area contributed by atoms with Gasteiger partial charge in [0.15, 0.2) is 11.0 Å². The molecule has 0 atom stereocenters. The Balaban J connectivity index is 2.41. The first-order chi connectivity index (χ1) is 8.72. The molecule has 0 aliphatic rings. The highest BCUT2D eigenvalue weighted by atomic mass is 32.2. The molecular weight excluding hydrogens is 242 g/mol. The second-order valence-corrected chi connectivity index (χ2v) is 5.84. The van der Waals surface area contributed by atoms with Gasteiger partial charge in [0.05, 0.1) is 0 Å². The molecule has 96 valence electrons. The molecule has 0 fully saturated rings. The van der Waals surface area contributed by atoms with E-state index < -0.39 is 0 Å². The molecule has 1 aromatic heterocycles. The maximum absolute atomic E-state index is 4.35. The SMILES string of the molecule is CCSc1nnc(-c2ccccc2)n1CC(C)C. The minimum Gasteiger partial charge on any atom is -0.302 e. The molecule has 2 rings (SSSR count). The van der Waals surface area contributed by atoms with Crippen LogP contribution in [0.1, 0.15) is 20.8 Å². The second-order valence-electron chi connectivity index (χ2n) is 4.61. The van der Waals surface area contributed by atoms with Crippen LogP contribution >= 0.6 is 11.8 Å². The summed E-state index contributed by atoms with van der Waals surface area (Å²) in [6, 6.07) is 10.3. The number of nitrogens with zero attached hydrogens (tertiary/aromatic N) is 3. The number of rotatable bonds is 5. The van der Waals surface area contributed by atoms with Crippen LogP contribution in [0.25, 0.3) is 11.4 Å². The molecule has 0 amide bonds. The molecule has 1 aromatic carbocycles. The minimum atomic E-state index is 0.583. The first-order valence-corrected chi connectivity index (χ1v) is 7.32. The highest BCUT2D eigenvalue weighted by Crippen LogP contribution is 2.24. The monoisotopic (exact) mass is 261 g/mol. The largest absolute Gasteiger partial charge is 0.302 e. The van der Waals surface area contributed by atoms with Gasteiger partial charge in [0.2, 0.25) is 0 Å². The Labute approximate surface area is 113 Å². The zero-order chi connectivity index (χ0) is 13.0. The Morgan fingerprint density at radius 1 is 1.17 bits per heavy atom. The van der Waals surface area contributed by atoms with E-state index >= 15 is 0 Å². The summed E-state index contributed by atoms with van der Waals surface area (Å²) in [5.74, 6) is 2.57. The zero-order valence-electron chi connectivity index (χ0n) is 11.1. The summed E-state index contributed by atoms with van der Waals surface area (Å²) in [6.07, 6.45) is 0. The normalized spacial score (nSPS) is 11.1. The van der Waals surface area contributed by atoms with Crippen molar-refractivity contribution in [3.05, 3.63) is 30.3 Å². The van der Waals surface area contributed by atoms with Crippen LogP contribution < -0.4 is 0 Å². The molecule has 0 saturated carbocycles. The quantitative estimate of drug-likeness (QED) is 0.769. The van der Waals surface area contributed by atoms with Gasteiger partial charge in [0, 0.05) is 12.1 Å². The molecule has 0 saturated heterocycles. The molecule has 0 aliphatic heterocycles. The van der Waals surface area contributed by atoms with Crippen LogP contribution in [0.2, 0.25) is 0 Å². The van der Waals surface area contributed by atoms with E-state index in [2.05, 4.69) is 47.7 Å². The second kappa shape index (κ2) is 6.05. The lowest BCUT2D eigenvalue weighted by Crippen LogP contribution is -2.07. The van der Waals surface area contributed by atoms with Crippen molar-refractivity contribution in [1.82, 2.24) is 14.8 Å². The van der Waals surface area contributed by atoms with Crippen LogP contribution in [-0.4, -0.2) is 20.5 Å². The van der Waals surface area contributed by atoms with Crippen LogP contribution in [0.5, 0.6) is 0 Å². The Kier molecular flexibility index (Phi) is 4.42. The number of hydrogen-bond acceptors (Lipinski definition) is 3. The third kappa shape index (κ3) is 2.93. The van der Waals surface area contributed by atoms with Crippen molar-refractivity contribution in [2.24, 2.45) is 5.92 Å². The number of thioether (sulfide) groups is 1. The molecule has 18 heavy (non-hydrogen) atoms. The standard InChI is InChI=1S/C14H19N3S/c1-4-18-14-16-15-13(17(14)10-11(2)3)12-8-6-5-7-9-12/h5-9,11H,4,10H2,1-3H3. The summed E-state index contributed by atoms with van der Waals surface area (Å²) in [6.45, 7) is 7.53. The molecular formula is C14H19N3S. The number of hydrogen-bond donors (Lipinski definition) is 0. The van der Waals surface area contributed by atoms with Gasteiger partial charge in [0.25, 0.3) is 0 Å². The minimum absolute atomic E-state index is 0.583. The van der Waals surface area contributed by atoms with Crippen molar-refractivity contribution < 1.29 is 0 Å². The Morgan fingerprint density at radius 2 is 1.89 bits per heavy atom. The lowest BCUT2D eigenvalue weighted by Gasteiger charge is -2.12. The van der Waals surface area contributed by atoms with Crippen molar-refractivity contribution in [2.75, 3.05) is 5.75 Å². The smallest absolute Gasteiger partial charge is 0.191 e. The average molecular weight is 261 g/mol. The zero-order valence-corrected chi connectivity index (χ0v) is 11.9. The molecule has 0 bridgehead atoms. The van der Waals surface area contributed by atoms with Gasteiger partial charge >= 0.3 is 0 Å². The average Bonchev–Trinajstić information content (AvgIpc) is 2.73. The van der Waals surface area contributed by atoms with E-state index in [-0.39, 0.29) is 0 Å². The molecule has 1 heterocycles. The molecule has 0 radical (unpaired) electrons. The number of benzene rings is 1. The van der Waals surface area contributed by atoms with Crippen molar-refractivity contribution >= 4 is 11.8 Å². The van der Waals surface area contributed by atoms with Gasteiger partial charge in [-0.2, -0.15) is 0 Å². The number of aromatic nitrogens is 3. The summed E-state index contributed by atoms with van der Waals surface area (Å²) in [4.78, 5) is 0. The summed E-state index contributed by atoms with van der Waals surface area (Å²) in [5.41, 5.74) is 1.13. The van der Waals surface area contributed by atoms with Gasteiger partial charge in [-0.1, -0.05) is 62.9 Å². The van der Waals surface area contributed by atoms with E-state index in [0.717, 1.165) is 28.8 Å². The third-order valence-electron chi connectivity index (χ3n) is 2.57. The third-order valence-corrected chi connectivity index (χ3v) is 3.42. The molecule has 3 nitrogen and oxygen atoms in total. The van der Waals surface area contributed by atoms with Gasteiger partial charge in [-0.05, 0) is 11.7 Å². The van der Waals surface area contributed by atoms with Crippen molar-refractivity contribution in [2.45, 2.75) is 32.5 Å². The highest BCUT2D eigenvalue weighted by Gasteiger charge is 2.14. The van der Waals surface area contributed by atoms with Crippen molar-refractivity contribution in [3.8, 4) is 11.4 Å². The van der Waals surface area contributed by atoms with E-state index in [0.29, 0.717) is 5.92 Å². The van der Waals surface area contributed by atoms with E-state index in [4.69, 9.17) is 0 Å². The Bertz CT molecular complexity index is 491. The molecule has 4 heteroatoms. The van der Waals surface area contributed by atoms with Crippen LogP contribution in [0.3, 0.4) is 0 Å². The summed E-state index contributed by atoms with van der Waals surface area (Å²) >= 11 is 1.75. The van der Waals surface area contributed by atoms with E-state index in [1.165, 1.54) is 0 Å². The first-order valence-electron chi connectivity index (χ1n) is 6.33. The summed E-state index contributed by atoms with van der Waals surface area (Å²) < 4.78 is 2.23. The van der Waals surface area contributed by atoms with Crippen LogP contribution in [-0.2, 0) is 6.54 Å². The van der Waals surface area contributed by atoms with Crippen LogP contribution in [0.4, 0.5) is 0 Å². The highest BCUT2D eigenvalue weighted by molar-refractivity contribution is 7.99. The fourth-order valence-electron chi connectivity index (χ4n) is 1.86. The van der Waals surface area contributed by atoms with Gasteiger partial charge in [-0.25, -0.2) is 0 Å². The van der Waals surface area contributed by atoms with Gasteiger partial charge < -0.3 is 4.57 Å². The van der Waals surface area contributed by atoms with Gasteiger partial charge in [0.1, 0.15) is 0 Å². The van der Waals surface area contributed by atoms with Crippen LogP contribution in [0, 0.1) is 5.92 Å². The van der Waals surface area contributed by atoms with Crippen molar-refractivity contribution in [1.29, 1.82) is 0 Å². The molecule has 0 spiro atoms. The van der Waals surface area contributed by atoms with Crippen LogP contribution in [0.15, 0.2) is 35.5 Å². The molecule has 0 N–H and O–H groups in total. The summed E-state index contributed by atoms with van der Waals surface area (Å²) in [7, 11) is 0. The maximum Gasteiger partial charge on any atom is 0.191 e. The van der Waals surface area contributed by atoms with E-state index in [1.54, 1.807) is 11.8 Å². The summed E-state index contributed by atoms with van der Waals surface area (Å²) in [5, 5.41) is 9.68. The first kappa shape index (κ1) is 13.1. The van der Waals surface area contributed by atoms with E-state index in [1.807, 2.05) is 18.2 Å². The predicted octanol–water partition coefficient (Wildman–Crippen LogP) is 3.71. The molecule has 2 aromatic rings. The predicted molar refractivity (Wildman–Crippen MR) is 76.7 cm³/mol. The lowest BCUT2D eigenvalue weighted by atomic mass is 10.2. The molecule has 0 aliphatic carbocycles. The van der Waals surface area contributed by atoms with E-state index in [9.17, 15) is 0 Å². The Hall–Kier alpha value is -1.29. The fraction of sp³-hybridized carbons (Fsp3) is 0.429. The topological polar surface area (TPSA) is 30.7 Å². The fourth-order valence-corrected chi connectivity index (χ4v) is 2.53. The van der Waals surface area contributed by atoms with Gasteiger partial charge in [-0.15, -0.1) is 10.2 Å². The maximum atomic E-state index is 4.35. The van der Waals surface area contributed by atoms with Gasteiger partial charge in [-0.3, -0.25) is 0 Å².